The normalized spacial score (nSPS) is 10.6. The van der Waals surface area contributed by atoms with Crippen LogP contribution in [0.25, 0.3) is 11.3 Å². The van der Waals surface area contributed by atoms with Gasteiger partial charge in [-0.25, -0.2) is 0 Å². The maximum atomic E-state index is 12.8. The zero-order chi connectivity index (χ0) is 18.8. The average Bonchev–Trinajstić information content (AvgIpc) is 2.98. The van der Waals surface area contributed by atoms with E-state index in [1.165, 1.54) is 18.2 Å². The lowest BCUT2D eigenvalue weighted by Crippen LogP contribution is -2.14. The van der Waals surface area contributed by atoms with E-state index in [1.54, 1.807) is 31.2 Å². The van der Waals surface area contributed by atoms with E-state index in [4.69, 9.17) is 16.1 Å². The highest BCUT2D eigenvalue weighted by atomic mass is 79.9. The van der Waals surface area contributed by atoms with Gasteiger partial charge in [0.2, 0.25) is 0 Å². The Balaban J connectivity index is 1.96. The first-order valence-electron chi connectivity index (χ1n) is 7.35. The molecule has 0 saturated carbocycles. The number of carbonyl (C=O) groups is 1. The number of benzene rings is 2. The molecule has 3 aromatic rings. The number of carbonyl (C=O) groups excluding carboxylic acids is 1. The van der Waals surface area contributed by atoms with Crippen LogP contribution >= 0.6 is 27.5 Å². The molecule has 9 heteroatoms. The van der Waals surface area contributed by atoms with Crippen molar-refractivity contribution in [3.05, 3.63) is 73.4 Å². The molecule has 1 N–H and O–H groups in total. The van der Waals surface area contributed by atoms with Crippen LogP contribution in [0.4, 0.5) is 11.4 Å². The van der Waals surface area contributed by atoms with Gasteiger partial charge in [-0.15, -0.1) is 0 Å². The van der Waals surface area contributed by atoms with Gasteiger partial charge in [-0.1, -0.05) is 35.0 Å². The molecule has 0 unspecified atom stereocenters. The molecule has 0 aliphatic rings. The Hall–Kier alpha value is -2.71. The minimum Gasteiger partial charge on any atom is -0.360 e. The van der Waals surface area contributed by atoms with Gasteiger partial charge in [0.25, 0.3) is 11.6 Å². The number of hydrogen-bond acceptors (Lipinski definition) is 5. The predicted molar refractivity (Wildman–Crippen MR) is 100 cm³/mol. The largest absolute Gasteiger partial charge is 0.360 e. The van der Waals surface area contributed by atoms with E-state index in [9.17, 15) is 14.9 Å². The van der Waals surface area contributed by atoms with Gasteiger partial charge in [-0.3, -0.25) is 14.9 Å². The minimum absolute atomic E-state index is 0.0900. The maximum absolute atomic E-state index is 12.8. The molecule has 0 atom stereocenters. The van der Waals surface area contributed by atoms with Crippen molar-refractivity contribution >= 4 is 44.8 Å². The number of hydrogen-bond donors (Lipinski definition) is 1. The lowest BCUT2D eigenvalue weighted by atomic mass is 10.1. The number of amides is 1. The van der Waals surface area contributed by atoms with Crippen molar-refractivity contribution in [3.63, 3.8) is 0 Å². The first-order valence-corrected chi connectivity index (χ1v) is 8.52. The van der Waals surface area contributed by atoms with Crippen LogP contribution in [0.1, 0.15) is 16.1 Å². The van der Waals surface area contributed by atoms with Crippen LogP contribution in [0.3, 0.4) is 0 Å². The Labute approximate surface area is 161 Å². The van der Waals surface area contributed by atoms with Crippen molar-refractivity contribution in [2.75, 3.05) is 5.32 Å². The van der Waals surface area contributed by atoms with Crippen LogP contribution in [0.15, 0.2) is 51.5 Å². The van der Waals surface area contributed by atoms with Gasteiger partial charge in [-0.2, -0.15) is 0 Å². The number of rotatable bonds is 4. The fraction of sp³-hybridized carbons (Fsp3) is 0.0588. The molecule has 0 saturated heterocycles. The summed E-state index contributed by atoms with van der Waals surface area (Å²) in [5.74, 6) is -0.135. The number of nitrogens with zero attached hydrogens (tertiary/aromatic N) is 2. The molecule has 7 nitrogen and oxygen atoms in total. The van der Waals surface area contributed by atoms with Gasteiger partial charge >= 0.3 is 0 Å². The Morgan fingerprint density at radius 1 is 1.31 bits per heavy atom. The Kier molecular flexibility index (Phi) is 5.06. The van der Waals surface area contributed by atoms with Crippen LogP contribution in [0.5, 0.6) is 0 Å². The molecule has 1 amide bonds. The molecule has 0 bridgehead atoms. The van der Waals surface area contributed by atoms with Gasteiger partial charge in [-0.05, 0) is 35.0 Å². The van der Waals surface area contributed by atoms with Crippen molar-refractivity contribution in [2.45, 2.75) is 6.92 Å². The van der Waals surface area contributed by atoms with Crippen LogP contribution in [0, 0.1) is 17.0 Å². The Morgan fingerprint density at radius 2 is 2.04 bits per heavy atom. The molecule has 0 spiro atoms. The Morgan fingerprint density at radius 3 is 2.69 bits per heavy atom. The summed E-state index contributed by atoms with van der Waals surface area (Å²) < 4.78 is 5.56. The fourth-order valence-corrected chi connectivity index (χ4v) is 3.07. The van der Waals surface area contributed by atoms with Gasteiger partial charge in [0.1, 0.15) is 17.0 Å². The van der Waals surface area contributed by atoms with Crippen molar-refractivity contribution in [3.8, 4) is 11.3 Å². The highest BCUT2D eigenvalue weighted by molar-refractivity contribution is 9.10. The van der Waals surface area contributed by atoms with Crippen LogP contribution in [0.2, 0.25) is 5.02 Å². The standard InChI is InChI=1S/C17H11BrClN3O4/c1-9-15(16(21-26-9)11-4-2-3-5-13(11)19)17(23)20-14-7-6-10(22(24)25)8-12(14)18/h2-8H,1H3,(H,20,23). The summed E-state index contributed by atoms with van der Waals surface area (Å²) in [6.45, 7) is 1.62. The van der Waals surface area contributed by atoms with E-state index in [1.807, 2.05) is 0 Å². The fourth-order valence-electron chi connectivity index (χ4n) is 2.38. The second-order valence-electron chi connectivity index (χ2n) is 5.32. The molecule has 0 aliphatic carbocycles. The number of aromatic nitrogens is 1. The molecule has 132 valence electrons. The molecule has 1 heterocycles. The molecular weight excluding hydrogens is 426 g/mol. The summed E-state index contributed by atoms with van der Waals surface area (Å²) in [6.07, 6.45) is 0. The number of anilines is 1. The van der Waals surface area contributed by atoms with Crippen molar-refractivity contribution in [1.82, 2.24) is 5.16 Å². The van der Waals surface area contributed by atoms with E-state index in [0.29, 0.717) is 32.2 Å². The Bertz CT molecular complexity index is 1020. The van der Waals surface area contributed by atoms with Gasteiger partial charge in [0.05, 0.1) is 15.6 Å². The summed E-state index contributed by atoms with van der Waals surface area (Å²) in [7, 11) is 0. The van der Waals surface area contributed by atoms with E-state index in [2.05, 4.69) is 26.4 Å². The molecule has 1 aromatic heterocycles. The second kappa shape index (κ2) is 7.27. The number of nitro benzene ring substituents is 1. The first-order chi connectivity index (χ1) is 12.4. The quantitative estimate of drug-likeness (QED) is 0.446. The summed E-state index contributed by atoms with van der Waals surface area (Å²) in [4.78, 5) is 23.1. The monoisotopic (exact) mass is 435 g/mol. The molecular formula is C17H11BrClN3O4. The molecule has 0 radical (unpaired) electrons. The number of aryl methyl sites for hydroxylation is 1. The number of nitrogens with one attached hydrogen (secondary N) is 1. The number of nitro groups is 1. The third-order valence-corrected chi connectivity index (χ3v) is 4.62. The van der Waals surface area contributed by atoms with Crippen molar-refractivity contribution in [2.24, 2.45) is 0 Å². The summed E-state index contributed by atoms with van der Waals surface area (Å²) in [5.41, 5.74) is 1.42. The van der Waals surface area contributed by atoms with E-state index in [0.717, 1.165) is 0 Å². The third-order valence-electron chi connectivity index (χ3n) is 3.63. The average molecular weight is 437 g/mol. The van der Waals surface area contributed by atoms with Crippen LogP contribution < -0.4 is 5.32 Å². The zero-order valence-electron chi connectivity index (χ0n) is 13.3. The molecule has 0 fully saturated rings. The predicted octanol–water partition coefficient (Wildman–Crippen LogP) is 5.23. The maximum Gasteiger partial charge on any atom is 0.270 e. The van der Waals surface area contributed by atoms with E-state index in [-0.39, 0.29) is 11.3 Å². The second-order valence-corrected chi connectivity index (χ2v) is 6.58. The smallest absolute Gasteiger partial charge is 0.270 e. The van der Waals surface area contributed by atoms with Crippen molar-refractivity contribution in [1.29, 1.82) is 0 Å². The summed E-state index contributed by atoms with van der Waals surface area (Å²) >= 11 is 9.41. The van der Waals surface area contributed by atoms with Gasteiger partial charge < -0.3 is 9.84 Å². The first kappa shape index (κ1) is 18.1. The highest BCUT2D eigenvalue weighted by Crippen LogP contribution is 2.32. The van der Waals surface area contributed by atoms with E-state index >= 15 is 0 Å². The topological polar surface area (TPSA) is 98.3 Å². The SMILES string of the molecule is Cc1onc(-c2ccccc2Cl)c1C(=O)Nc1ccc([N+](=O)[O-])cc1Br. The zero-order valence-corrected chi connectivity index (χ0v) is 15.7. The molecule has 2 aromatic carbocycles. The summed E-state index contributed by atoms with van der Waals surface area (Å²) in [5, 5.41) is 17.9. The van der Waals surface area contributed by atoms with Crippen LogP contribution in [-0.4, -0.2) is 16.0 Å². The molecule has 0 aliphatic heterocycles. The highest BCUT2D eigenvalue weighted by Gasteiger charge is 2.24. The minimum atomic E-state index is -0.518. The van der Waals surface area contributed by atoms with Crippen molar-refractivity contribution < 1.29 is 14.2 Å². The van der Waals surface area contributed by atoms with Gasteiger partial charge in [0, 0.05) is 22.2 Å². The number of halogens is 2. The van der Waals surface area contributed by atoms with Gasteiger partial charge in [0.15, 0.2) is 0 Å². The lowest BCUT2D eigenvalue weighted by Gasteiger charge is -2.08. The number of non-ortho nitro benzene ring substituents is 1. The van der Waals surface area contributed by atoms with E-state index < -0.39 is 10.8 Å². The lowest BCUT2D eigenvalue weighted by molar-refractivity contribution is -0.384. The molecule has 3 rings (SSSR count). The summed E-state index contributed by atoms with van der Waals surface area (Å²) in [6, 6.07) is 11.0. The molecule has 26 heavy (non-hydrogen) atoms. The third kappa shape index (κ3) is 3.47. The van der Waals surface area contributed by atoms with Crippen LogP contribution in [-0.2, 0) is 0 Å².